The summed E-state index contributed by atoms with van der Waals surface area (Å²) in [6.45, 7) is 5.41. The zero-order chi connectivity index (χ0) is 32.1. The van der Waals surface area contributed by atoms with E-state index >= 15 is 0 Å². The Morgan fingerprint density at radius 3 is 2.02 bits per heavy atom. The fourth-order valence-corrected chi connectivity index (χ4v) is 4.83. The fourth-order valence-electron chi connectivity index (χ4n) is 4.09. The zero-order valence-corrected chi connectivity index (χ0v) is 29.1. The molecule has 0 aromatic carbocycles. The standard InChI is InChI=1S/C34H64NO7P/c1-6-8-10-12-14-15-16-17-18-19-20-21-22-23-25-27-34(36)42-33(31-39-29-26-24-13-11-9-7-2)32-41-43(37,38)40-30-28-35(3,4)5/h8,10,14-15,17-18,33H,6-7,9,11-13,16,19-32H2,1-5H3/p+1/b10-8-,15-14-,18-17-. The number of likely N-dealkylation sites (N-methyl/N-ethyl adjacent to an activating group) is 1. The normalized spacial score (nSPS) is 14.7. The summed E-state index contributed by atoms with van der Waals surface area (Å²) in [6, 6.07) is 0. The molecule has 2 unspecified atom stereocenters. The van der Waals surface area contributed by atoms with Crippen LogP contribution in [0, 0.1) is 0 Å². The second-order valence-corrected chi connectivity index (χ2v) is 13.6. The van der Waals surface area contributed by atoms with Crippen LogP contribution in [0.15, 0.2) is 36.5 Å². The highest BCUT2D eigenvalue weighted by Crippen LogP contribution is 2.43. The van der Waals surface area contributed by atoms with Crippen LogP contribution in [0.3, 0.4) is 0 Å². The van der Waals surface area contributed by atoms with E-state index in [1.165, 1.54) is 25.7 Å². The van der Waals surface area contributed by atoms with E-state index < -0.39 is 13.9 Å². The van der Waals surface area contributed by atoms with E-state index in [0.717, 1.165) is 70.6 Å². The molecule has 0 spiro atoms. The van der Waals surface area contributed by atoms with Gasteiger partial charge in [0, 0.05) is 13.0 Å². The molecular weight excluding hydrogens is 565 g/mol. The maximum absolute atomic E-state index is 12.5. The Morgan fingerprint density at radius 2 is 1.35 bits per heavy atom. The number of ether oxygens (including phenoxy) is 2. The van der Waals surface area contributed by atoms with E-state index in [2.05, 4.69) is 50.3 Å². The van der Waals surface area contributed by atoms with Gasteiger partial charge in [-0.25, -0.2) is 4.57 Å². The van der Waals surface area contributed by atoms with Gasteiger partial charge in [-0.15, -0.1) is 0 Å². The molecular formula is C34H65NO7P+. The van der Waals surface area contributed by atoms with Crippen molar-refractivity contribution in [2.75, 3.05) is 54.1 Å². The van der Waals surface area contributed by atoms with E-state index in [-0.39, 0.29) is 25.8 Å². The SMILES string of the molecule is CC/C=C\C/C=C\C/C=C\CCCCCCCC(=O)OC(COCCCCCCCC)COP(=O)(O)OCC[N+](C)(C)C. The van der Waals surface area contributed by atoms with Gasteiger partial charge >= 0.3 is 13.8 Å². The molecule has 0 fully saturated rings. The van der Waals surface area contributed by atoms with E-state index in [1.807, 2.05) is 21.1 Å². The van der Waals surface area contributed by atoms with Gasteiger partial charge in [-0.3, -0.25) is 13.8 Å². The number of rotatable bonds is 30. The van der Waals surface area contributed by atoms with Crippen LogP contribution in [0.1, 0.15) is 117 Å². The molecule has 0 saturated heterocycles. The van der Waals surface area contributed by atoms with Gasteiger partial charge in [0.25, 0.3) is 0 Å². The molecule has 8 nitrogen and oxygen atoms in total. The number of nitrogens with zero attached hydrogens (tertiary/aromatic N) is 1. The van der Waals surface area contributed by atoms with Crippen molar-refractivity contribution in [1.82, 2.24) is 0 Å². The third-order valence-corrected chi connectivity index (χ3v) is 7.70. The number of phosphoric ester groups is 1. The van der Waals surface area contributed by atoms with Crippen molar-refractivity contribution in [2.45, 2.75) is 123 Å². The monoisotopic (exact) mass is 630 g/mol. The smallest absolute Gasteiger partial charge is 0.457 e. The molecule has 0 radical (unpaired) electrons. The Bertz CT molecular complexity index is 792. The van der Waals surface area contributed by atoms with Crippen molar-refractivity contribution in [1.29, 1.82) is 0 Å². The molecule has 0 amide bonds. The second-order valence-electron chi connectivity index (χ2n) is 12.2. The van der Waals surface area contributed by atoms with Gasteiger partial charge in [0.15, 0.2) is 0 Å². The molecule has 0 aliphatic heterocycles. The summed E-state index contributed by atoms with van der Waals surface area (Å²) >= 11 is 0. The van der Waals surface area contributed by atoms with Gasteiger partial charge in [-0.1, -0.05) is 102 Å². The average molecular weight is 631 g/mol. The molecule has 0 aromatic heterocycles. The van der Waals surface area contributed by atoms with Crippen molar-refractivity contribution >= 4 is 13.8 Å². The summed E-state index contributed by atoms with van der Waals surface area (Å²) < 4.78 is 34.5. The maximum Gasteiger partial charge on any atom is 0.472 e. The first kappa shape index (κ1) is 41.7. The number of esters is 1. The summed E-state index contributed by atoms with van der Waals surface area (Å²) in [5.41, 5.74) is 0. The highest BCUT2D eigenvalue weighted by Gasteiger charge is 2.26. The minimum Gasteiger partial charge on any atom is -0.457 e. The third kappa shape index (κ3) is 31.9. The van der Waals surface area contributed by atoms with Crippen molar-refractivity contribution < 1.29 is 37.3 Å². The molecule has 9 heteroatoms. The number of hydrogen-bond donors (Lipinski definition) is 1. The molecule has 0 aliphatic carbocycles. The summed E-state index contributed by atoms with van der Waals surface area (Å²) in [4.78, 5) is 22.6. The number of carbonyl (C=O) groups is 1. The Balaban J connectivity index is 4.32. The highest BCUT2D eigenvalue weighted by molar-refractivity contribution is 7.47. The van der Waals surface area contributed by atoms with Crippen LogP contribution in [0.25, 0.3) is 0 Å². The van der Waals surface area contributed by atoms with Crippen molar-refractivity contribution in [3.8, 4) is 0 Å². The number of quaternary nitrogens is 1. The molecule has 1 N–H and O–H groups in total. The molecule has 0 aromatic rings. The number of unbranched alkanes of at least 4 members (excludes halogenated alkanes) is 10. The summed E-state index contributed by atoms with van der Waals surface area (Å²) in [7, 11) is 1.65. The number of carbonyl (C=O) groups excluding carboxylic acids is 1. The van der Waals surface area contributed by atoms with Crippen LogP contribution in [0.5, 0.6) is 0 Å². The topological polar surface area (TPSA) is 91.3 Å². The van der Waals surface area contributed by atoms with Gasteiger partial charge in [-0.05, 0) is 44.9 Å². The van der Waals surface area contributed by atoms with E-state index in [4.69, 9.17) is 18.5 Å². The Labute approximate surface area is 264 Å². The summed E-state index contributed by atoms with van der Waals surface area (Å²) in [6.07, 6.45) is 29.0. The lowest BCUT2D eigenvalue weighted by molar-refractivity contribution is -0.870. The Morgan fingerprint density at radius 1 is 0.744 bits per heavy atom. The first-order chi connectivity index (χ1) is 20.6. The van der Waals surface area contributed by atoms with Crippen LogP contribution < -0.4 is 0 Å². The minimum absolute atomic E-state index is 0.0844. The fraction of sp³-hybridized carbons (Fsp3) is 0.794. The van der Waals surface area contributed by atoms with Crippen LogP contribution in [0.2, 0.25) is 0 Å². The van der Waals surface area contributed by atoms with Crippen molar-refractivity contribution in [3.05, 3.63) is 36.5 Å². The van der Waals surface area contributed by atoms with Crippen LogP contribution >= 0.6 is 7.82 Å². The minimum atomic E-state index is -4.26. The second kappa shape index (κ2) is 28.2. The molecule has 0 saturated carbocycles. The van der Waals surface area contributed by atoms with Crippen molar-refractivity contribution in [2.24, 2.45) is 0 Å². The van der Waals surface area contributed by atoms with Crippen LogP contribution in [-0.4, -0.2) is 75.6 Å². The third-order valence-electron chi connectivity index (χ3n) is 6.72. The highest BCUT2D eigenvalue weighted by atomic mass is 31.2. The Hall–Kier alpha value is -1.28. The van der Waals surface area contributed by atoms with Gasteiger partial charge in [0.1, 0.15) is 19.3 Å². The van der Waals surface area contributed by atoms with Gasteiger partial charge in [0.05, 0.1) is 34.4 Å². The molecule has 43 heavy (non-hydrogen) atoms. The molecule has 2 atom stereocenters. The van der Waals surface area contributed by atoms with Gasteiger partial charge in [-0.2, -0.15) is 0 Å². The largest absolute Gasteiger partial charge is 0.472 e. The first-order valence-electron chi connectivity index (χ1n) is 16.7. The molecule has 0 bridgehead atoms. The number of allylic oxidation sites excluding steroid dienone is 6. The predicted molar refractivity (Wildman–Crippen MR) is 178 cm³/mol. The van der Waals surface area contributed by atoms with E-state index in [9.17, 15) is 14.3 Å². The van der Waals surface area contributed by atoms with Crippen LogP contribution in [-0.2, 0) is 27.9 Å². The van der Waals surface area contributed by atoms with Crippen molar-refractivity contribution in [3.63, 3.8) is 0 Å². The lowest BCUT2D eigenvalue weighted by Crippen LogP contribution is -2.37. The average Bonchev–Trinajstić information content (AvgIpc) is 2.94. The van der Waals surface area contributed by atoms with Gasteiger partial charge < -0.3 is 18.9 Å². The van der Waals surface area contributed by atoms with Gasteiger partial charge in [0.2, 0.25) is 0 Å². The van der Waals surface area contributed by atoms with E-state index in [0.29, 0.717) is 24.1 Å². The van der Waals surface area contributed by atoms with Crippen LogP contribution in [0.4, 0.5) is 0 Å². The number of phosphoric acid groups is 1. The van der Waals surface area contributed by atoms with E-state index in [1.54, 1.807) is 0 Å². The first-order valence-corrected chi connectivity index (χ1v) is 18.2. The Kier molecular flexibility index (Phi) is 27.4. The summed E-state index contributed by atoms with van der Waals surface area (Å²) in [5.74, 6) is -0.336. The zero-order valence-electron chi connectivity index (χ0n) is 28.2. The number of hydrogen-bond acceptors (Lipinski definition) is 6. The summed E-state index contributed by atoms with van der Waals surface area (Å²) in [5, 5.41) is 0. The lowest BCUT2D eigenvalue weighted by Gasteiger charge is -2.24. The quantitative estimate of drug-likeness (QED) is 0.0279. The molecule has 0 heterocycles. The maximum atomic E-state index is 12.5. The lowest BCUT2D eigenvalue weighted by atomic mass is 10.1. The molecule has 0 aliphatic rings. The predicted octanol–water partition coefficient (Wildman–Crippen LogP) is 8.70. The molecule has 252 valence electrons. The molecule has 0 rings (SSSR count).